The van der Waals surface area contributed by atoms with Gasteiger partial charge in [0.25, 0.3) is 0 Å². The lowest BCUT2D eigenvalue weighted by Crippen LogP contribution is -2.25. The molecule has 0 bridgehead atoms. The summed E-state index contributed by atoms with van der Waals surface area (Å²) in [5, 5.41) is 0. The van der Waals surface area contributed by atoms with Crippen LogP contribution in [0.4, 0.5) is 10.1 Å². The monoisotopic (exact) mass is 299 g/mol. The number of hydrogen-bond acceptors (Lipinski definition) is 5. The lowest BCUT2D eigenvalue weighted by atomic mass is 10.1. The minimum atomic E-state index is -0.615. The van der Waals surface area contributed by atoms with Gasteiger partial charge in [-0.05, 0) is 26.8 Å². The van der Waals surface area contributed by atoms with Gasteiger partial charge in [-0.1, -0.05) is 0 Å². The molecule has 0 saturated carbocycles. The first-order chi connectivity index (χ1) is 9.80. The maximum absolute atomic E-state index is 13.8. The van der Waals surface area contributed by atoms with Crippen LogP contribution in [-0.2, 0) is 9.47 Å². The molecular formula is C15H22FNO4. The smallest absolute Gasteiger partial charge is 0.340 e. The highest BCUT2D eigenvalue weighted by Gasteiger charge is 2.19. The van der Waals surface area contributed by atoms with Gasteiger partial charge in [0.1, 0.15) is 0 Å². The predicted octanol–water partition coefficient (Wildman–Crippen LogP) is 2.78. The fourth-order valence-corrected chi connectivity index (χ4v) is 1.57. The van der Waals surface area contributed by atoms with Crippen LogP contribution in [0.3, 0.4) is 0 Å². The van der Waals surface area contributed by atoms with E-state index in [1.807, 2.05) is 13.8 Å². The van der Waals surface area contributed by atoms with Crippen molar-refractivity contribution in [3.8, 4) is 5.75 Å². The second kappa shape index (κ2) is 7.26. The molecule has 0 aliphatic carbocycles. The largest absolute Gasteiger partial charge is 0.490 e. The van der Waals surface area contributed by atoms with E-state index in [0.717, 1.165) is 6.07 Å². The minimum Gasteiger partial charge on any atom is -0.490 e. The van der Waals surface area contributed by atoms with E-state index in [2.05, 4.69) is 0 Å². The Morgan fingerprint density at radius 2 is 2.05 bits per heavy atom. The molecule has 0 atom stereocenters. The number of nitrogen functional groups attached to an aromatic ring is 1. The molecular weight excluding hydrogens is 277 g/mol. The number of carbonyl (C=O) groups is 1. The highest BCUT2D eigenvalue weighted by atomic mass is 19.1. The van der Waals surface area contributed by atoms with Gasteiger partial charge in [-0.25, -0.2) is 9.18 Å². The summed E-state index contributed by atoms with van der Waals surface area (Å²) in [6.07, 6.45) is 0.571. The summed E-state index contributed by atoms with van der Waals surface area (Å²) in [5.74, 6) is -1.24. The van der Waals surface area contributed by atoms with E-state index in [1.165, 1.54) is 6.07 Å². The zero-order chi connectivity index (χ0) is 16.0. The molecule has 2 N–H and O–H groups in total. The molecule has 0 spiro atoms. The van der Waals surface area contributed by atoms with E-state index in [-0.39, 0.29) is 35.8 Å². The molecule has 0 aromatic heterocycles. The molecule has 1 aromatic carbocycles. The van der Waals surface area contributed by atoms with E-state index in [4.69, 9.17) is 19.9 Å². The topological polar surface area (TPSA) is 70.8 Å². The molecule has 0 unspecified atom stereocenters. The van der Waals surface area contributed by atoms with Crippen molar-refractivity contribution in [1.82, 2.24) is 0 Å². The number of esters is 1. The van der Waals surface area contributed by atoms with Crippen LogP contribution in [0.2, 0.25) is 0 Å². The Hall–Kier alpha value is -1.82. The number of anilines is 1. The van der Waals surface area contributed by atoms with Gasteiger partial charge in [0, 0.05) is 25.3 Å². The number of nitrogens with two attached hydrogens (primary N) is 1. The van der Waals surface area contributed by atoms with Crippen molar-refractivity contribution in [2.24, 2.45) is 0 Å². The zero-order valence-corrected chi connectivity index (χ0v) is 12.9. The van der Waals surface area contributed by atoms with Gasteiger partial charge in [-0.2, -0.15) is 0 Å². The van der Waals surface area contributed by atoms with E-state index < -0.39 is 11.8 Å². The van der Waals surface area contributed by atoms with Gasteiger partial charge in [0.2, 0.25) is 0 Å². The molecule has 0 fully saturated rings. The van der Waals surface area contributed by atoms with Crippen molar-refractivity contribution < 1.29 is 23.4 Å². The Morgan fingerprint density at radius 1 is 1.38 bits per heavy atom. The van der Waals surface area contributed by atoms with Crippen LogP contribution in [0, 0.1) is 5.82 Å². The van der Waals surface area contributed by atoms with Crippen molar-refractivity contribution in [2.45, 2.75) is 32.8 Å². The van der Waals surface area contributed by atoms with Crippen molar-refractivity contribution in [1.29, 1.82) is 0 Å². The molecule has 0 aliphatic heterocycles. The molecule has 0 aliphatic rings. The number of benzene rings is 1. The summed E-state index contributed by atoms with van der Waals surface area (Å²) in [6.45, 7) is 5.96. The van der Waals surface area contributed by atoms with E-state index in [1.54, 1.807) is 14.0 Å². The second-order valence-corrected chi connectivity index (χ2v) is 5.15. The Balaban J connectivity index is 2.83. The Morgan fingerprint density at radius 3 is 2.62 bits per heavy atom. The fraction of sp³-hybridized carbons (Fsp3) is 0.533. The molecule has 1 rings (SSSR count). The van der Waals surface area contributed by atoms with E-state index in [9.17, 15) is 9.18 Å². The lowest BCUT2D eigenvalue weighted by Gasteiger charge is -2.22. The summed E-state index contributed by atoms with van der Waals surface area (Å²) >= 11 is 0. The predicted molar refractivity (Wildman–Crippen MR) is 78.0 cm³/mol. The average molecular weight is 299 g/mol. The number of methoxy groups -OCH3 is 1. The van der Waals surface area contributed by atoms with Gasteiger partial charge >= 0.3 is 5.97 Å². The third-order valence-electron chi connectivity index (χ3n) is 3.11. The highest BCUT2D eigenvalue weighted by molar-refractivity contribution is 5.95. The fourth-order valence-electron chi connectivity index (χ4n) is 1.57. The van der Waals surface area contributed by atoms with Gasteiger partial charge in [-0.3, -0.25) is 0 Å². The minimum absolute atomic E-state index is 0.0236. The molecule has 21 heavy (non-hydrogen) atoms. The summed E-state index contributed by atoms with van der Waals surface area (Å²) < 4.78 is 29.3. The molecule has 1 aromatic rings. The van der Waals surface area contributed by atoms with Crippen LogP contribution in [0.15, 0.2) is 12.1 Å². The van der Waals surface area contributed by atoms with Crippen molar-refractivity contribution in [2.75, 3.05) is 26.1 Å². The summed E-state index contributed by atoms with van der Waals surface area (Å²) in [7, 11) is 1.60. The van der Waals surface area contributed by atoms with Crippen molar-refractivity contribution >= 4 is 11.7 Å². The maximum atomic E-state index is 13.8. The SMILES string of the molecule is CCOC(=O)c1cc(OCCC(C)(C)OC)c(F)cc1N. The van der Waals surface area contributed by atoms with E-state index in [0.29, 0.717) is 6.42 Å². The number of carbonyl (C=O) groups excluding carboxylic acids is 1. The first kappa shape index (κ1) is 17.2. The van der Waals surface area contributed by atoms with Crippen LogP contribution in [0.25, 0.3) is 0 Å². The Kier molecular flexibility index (Phi) is 5.96. The molecule has 5 nitrogen and oxygen atoms in total. The van der Waals surface area contributed by atoms with Crippen LogP contribution >= 0.6 is 0 Å². The third kappa shape index (κ3) is 4.90. The Labute approximate surface area is 124 Å². The molecule has 6 heteroatoms. The summed E-state index contributed by atoms with van der Waals surface area (Å²) in [6, 6.07) is 2.32. The molecule has 0 radical (unpaired) electrons. The highest BCUT2D eigenvalue weighted by Crippen LogP contribution is 2.25. The molecule has 0 heterocycles. The van der Waals surface area contributed by atoms with Crippen molar-refractivity contribution in [3.05, 3.63) is 23.5 Å². The summed E-state index contributed by atoms with van der Waals surface area (Å²) in [5.41, 5.74) is 5.38. The van der Waals surface area contributed by atoms with Gasteiger partial charge in [-0.15, -0.1) is 0 Å². The van der Waals surface area contributed by atoms with Crippen molar-refractivity contribution in [3.63, 3.8) is 0 Å². The number of rotatable bonds is 7. The van der Waals surface area contributed by atoms with E-state index >= 15 is 0 Å². The van der Waals surface area contributed by atoms with Crippen LogP contribution < -0.4 is 10.5 Å². The third-order valence-corrected chi connectivity index (χ3v) is 3.11. The van der Waals surface area contributed by atoms with Gasteiger partial charge < -0.3 is 19.9 Å². The zero-order valence-electron chi connectivity index (χ0n) is 12.9. The van der Waals surface area contributed by atoms with Crippen LogP contribution in [-0.4, -0.2) is 31.9 Å². The number of hydrogen-bond donors (Lipinski definition) is 1. The second-order valence-electron chi connectivity index (χ2n) is 5.15. The Bertz CT molecular complexity index is 503. The number of halogens is 1. The standard InChI is InChI=1S/C15H22FNO4/c1-5-20-14(18)10-8-13(11(16)9-12(10)17)21-7-6-15(2,3)19-4/h8-9H,5-7,17H2,1-4H3. The van der Waals surface area contributed by atoms with Crippen LogP contribution in [0.5, 0.6) is 5.75 Å². The number of ether oxygens (including phenoxy) is 3. The molecule has 0 saturated heterocycles. The first-order valence-corrected chi connectivity index (χ1v) is 6.75. The van der Waals surface area contributed by atoms with Gasteiger partial charge in [0.05, 0.1) is 24.4 Å². The normalized spacial score (nSPS) is 11.3. The molecule has 0 amide bonds. The average Bonchev–Trinajstić information content (AvgIpc) is 2.41. The quantitative estimate of drug-likeness (QED) is 0.619. The summed E-state index contributed by atoms with van der Waals surface area (Å²) in [4.78, 5) is 11.7. The maximum Gasteiger partial charge on any atom is 0.340 e. The molecule has 118 valence electrons. The first-order valence-electron chi connectivity index (χ1n) is 6.75. The van der Waals surface area contributed by atoms with Gasteiger partial charge in [0.15, 0.2) is 11.6 Å². The lowest BCUT2D eigenvalue weighted by molar-refractivity contribution is 0.00510. The van der Waals surface area contributed by atoms with Crippen LogP contribution in [0.1, 0.15) is 37.6 Å².